The lowest BCUT2D eigenvalue weighted by molar-refractivity contribution is 0.414. The van der Waals surface area contributed by atoms with E-state index in [0.29, 0.717) is 0 Å². The summed E-state index contributed by atoms with van der Waals surface area (Å²) in [5.74, 6) is 0.896. The quantitative estimate of drug-likeness (QED) is 0.892. The molecule has 0 aliphatic rings. The number of aryl methyl sites for hydroxylation is 3. The Bertz CT molecular complexity index is 560. The Balaban J connectivity index is 2.00. The summed E-state index contributed by atoms with van der Waals surface area (Å²) < 4.78 is 5.17. The van der Waals surface area contributed by atoms with Crippen LogP contribution < -0.4 is 10.5 Å². The van der Waals surface area contributed by atoms with Gasteiger partial charge in [0.15, 0.2) is 0 Å². The Labute approximate surface area is 121 Å². The molecule has 106 valence electrons. The lowest BCUT2D eigenvalue weighted by atomic mass is 9.95. The standard InChI is InChI=1S/C18H23NO/c1-13-4-5-14(2)17(12-13)18(19)11-8-15-6-9-16(20-3)10-7-15/h4-7,9-10,12,18H,8,11,19H2,1-3H3. The highest BCUT2D eigenvalue weighted by Crippen LogP contribution is 2.22. The maximum atomic E-state index is 6.34. The van der Waals surface area contributed by atoms with E-state index in [0.717, 1.165) is 18.6 Å². The van der Waals surface area contributed by atoms with Crippen LogP contribution in [0.15, 0.2) is 42.5 Å². The van der Waals surface area contributed by atoms with Crippen LogP contribution in [0.3, 0.4) is 0 Å². The Morgan fingerprint density at radius 3 is 2.40 bits per heavy atom. The molecule has 0 saturated carbocycles. The van der Waals surface area contributed by atoms with E-state index in [-0.39, 0.29) is 6.04 Å². The fourth-order valence-corrected chi connectivity index (χ4v) is 2.43. The first kappa shape index (κ1) is 14.6. The number of hydrogen-bond donors (Lipinski definition) is 1. The molecule has 0 aromatic heterocycles. The minimum atomic E-state index is 0.0944. The first-order valence-corrected chi connectivity index (χ1v) is 7.06. The third kappa shape index (κ3) is 3.61. The van der Waals surface area contributed by atoms with Crippen molar-refractivity contribution in [3.63, 3.8) is 0 Å². The van der Waals surface area contributed by atoms with E-state index in [1.807, 2.05) is 12.1 Å². The average Bonchev–Trinajstić information content (AvgIpc) is 2.47. The maximum absolute atomic E-state index is 6.34. The van der Waals surface area contributed by atoms with Gasteiger partial charge in [-0.1, -0.05) is 35.9 Å². The van der Waals surface area contributed by atoms with E-state index in [1.54, 1.807) is 7.11 Å². The summed E-state index contributed by atoms with van der Waals surface area (Å²) in [6.45, 7) is 4.24. The third-order valence-electron chi connectivity index (χ3n) is 3.74. The molecular weight excluding hydrogens is 246 g/mol. The van der Waals surface area contributed by atoms with Gasteiger partial charge < -0.3 is 10.5 Å². The SMILES string of the molecule is COc1ccc(CCC(N)c2cc(C)ccc2C)cc1. The van der Waals surface area contributed by atoms with Crippen molar-refractivity contribution in [3.8, 4) is 5.75 Å². The van der Waals surface area contributed by atoms with Gasteiger partial charge in [-0.25, -0.2) is 0 Å². The lowest BCUT2D eigenvalue weighted by Gasteiger charge is -2.15. The summed E-state index contributed by atoms with van der Waals surface area (Å²) in [5, 5.41) is 0. The van der Waals surface area contributed by atoms with Crippen LogP contribution in [0, 0.1) is 13.8 Å². The summed E-state index contributed by atoms with van der Waals surface area (Å²) in [5.41, 5.74) is 11.4. The average molecular weight is 269 g/mol. The number of nitrogens with two attached hydrogens (primary N) is 1. The van der Waals surface area contributed by atoms with E-state index in [9.17, 15) is 0 Å². The molecule has 1 unspecified atom stereocenters. The summed E-state index contributed by atoms with van der Waals surface area (Å²) in [6.07, 6.45) is 1.94. The van der Waals surface area contributed by atoms with Crippen molar-refractivity contribution >= 4 is 0 Å². The Morgan fingerprint density at radius 2 is 1.75 bits per heavy atom. The van der Waals surface area contributed by atoms with Gasteiger partial charge in [0.05, 0.1) is 7.11 Å². The van der Waals surface area contributed by atoms with Crippen LogP contribution in [0.1, 0.15) is 34.7 Å². The molecule has 0 aliphatic carbocycles. The highest BCUT2D eigenvalue weighted by molar-refractivity contribution is 5.33. The molecule has 2 heteroatoms. The van der Waals surface area contributed by atoms with Crippen LogP contribution in [0.4, 0.5) is 0 Å². The van der Waals surface area contributed by atoms with E-state index in [1.165, 1.54) is 22.3 Å². The molecule has 2 nitrogen and oxygen atoms in total. The molecule has 0 fully saturated rings. The summed E-state index contributed by atoms with van der Waals surface area (Å²) in [7, 11) is 1.69. The molecule has 0 heterocycles. The Kier molecular flexibility index (Phi) is 4.80. The molecule has 2 N–H and O–H groups in total. The number of hydrogen-bond acceptors (Lipinski definition) is 2. The molecule has 20 heavy (non-hydrogen) atoms. The van der Waals surface area contributed by atoms with E-state index in [2.05, 4.69) is 44.2 Å². The van der Waals surface area contributed by atoms with Gasteiger partial charge >= 0.3 is 0 Å². The maximum Gasteiger partial charge on any atom is 0.118 e. The van der Waals surface area contributed by atoms with E-state index >= 15 is 0 Å². The first-order valence-electron chi connectivity index (χ1n) is 7.06. The van der Waals surface area contributed by atoms with Gasteiger partial charge in [-0.05, 0) is 55.5 Å². The van der Waals surface area contributed by atoms with E-state index in [4.69, 9.17) is 10.5 Å². The predicted octanol–water partition coefficient (Wildman–Crippen LogP) is 3.94. The van der Waals surface area contributed by atoms with E-state index < -0.39 is 0 Å². The van der Waals surface area contributed by atoms with Gasteiger partial charge in [0.2, 0.25) is 0 Å². The summed E-state index contributed by atoms with van der Waals surface area (Å²) in [4.78, 5) is 0. The Morgan fingerprint density at radius 1 is 1.05 bits per heavy atom. The number of benzene rings is 2. The van der Waals surface area contributed by atoms with Crippen LogP contribution in [0.2, 0.25) is 0 Å². The number of methoxy groups -OCH3 is 1. The van der Waals surface area contributed by atoms with Gasteiger partial charge in [-0.3, -0.25) is 0 Å². The lowest BCUT2D eigenvalue weighted by Crippen LogP contribution is -2.13. The zero-order valence-electron chi connectivity index (χ0n) is 12.5. The fraction of sp³-hybridized carbons (Fsp3) is 0.333. The van der Waals surface area contributed by atoms with Gasteiger partial charge in [-0.2, -0.15) is 0 Å². The molecule has 2 aromatic rings. The second-order valence-corrected chi connectivity index (χ2v) is 5.35. The topological polar surface area (TPSA) is 35.2 Å². The molecular formula is C18H23NO. The highest BCUT2D eigenvalue weighted by Gasteiger charge is 2.09. The van der Waals surface area contributed by atoms with Crippen LogP contribution in [0.25, 0.3) is 0 Å². The monoisotopic (exact) mass is 269 g/mol. The first-order chi connectivity index (χ1) is 9.60. The molecule has 0 bridgehead atoms. The van der Waals surface area contributed by atoms with Gasteiger partial charge in [0.1, 0.15) is 5.75 Å². The minimum absolute atomic E-state index is 0.0944. The van der Waals surface area contributed by atoms with Crippen molar-refractivity contribution in [1.29, 1.82) is 0 Å². The largest absolute Gasteiger partial charge is 0.497 e. The van der Waals surface area contributed by atoms with Crippen LogP contribution in [-0.2, 0) is 6.42 Å². The molecule has 0 saturated heterocycles. The number of rotatable bonds is 5. The highest BCUT2D eigenvalue weighted by atomic mass is 16.5. The van der Waals surface area contributed by atoms with Crippen molar-refractivity contribution in [1.82, 2.24) is 0 Å². The second-order valence-electron chi connectivity index (χ2n) is 5.35. The van der Waals surface area contributed by atoms with Gasteiger partial charge in [0.25, 0.3) is 0 Å². The normalized spacial score (nSPS) is 12.2. The fourth-order valence-electron chi connectivity index (χ4n) is 2.43. The molecule has 0 aliphatic heterocycles. The molecule has 2 aromatic carbocycles. The van der Waals surface area contributed by atoms with Crippen molar-refractivity contribution in [2.24, 2.45) is 5.73 Å². The second kappa shape index (κ2) is 6.58. The van der Waals surface area contributed by atoms with Crippen LogP contribution in [0.5, 0.6) is 5.75 Å². The molecule has 0 amide bonds. The van der Waals surface area contributed by atoms with Crippen LogP contribution >= 0.6 is 0 Å². The zero-order chi connectivity index (χ0) is 14.5. The molecule has 0 spiro atoms. The number of ether oxygens (including phenoxy) is 1. The third-order valence-corrected chi connectivity index (χ3v) is 3.74. The predicted molar refractivity (Wildman–Crippen MR) is 84.2 cm³/mol. The van der Waals surface area contributed by atoms with Crippen LogP contribution in [-0.4, -0.2) is 7.11 Å². The summed E-state index contributed by atoms with van der Waals surface area (Å²) >= 11 is 0. The van der Waals surface area contributed by atoms with Crippen molar-refractivity contribution in [2.45, 2.75) is 32.7 Å². The smallest absolute Gasteiger partial charge is 0.118 e. The molecule has 2 rings (SSSR count). The van der Waals surface area contributed by atoms with Crippen molar-refractivity contribution in [3.05, 3.63) is 64.7 Å². The van der Waals surface area contributed by atoms with Gasteiger partial charge in [-0.15, -0.1) is 0 Å². The zero-order valence-corrected chi connectivity index (χ0v) is 12.5. The minimum Gasteiger partial charge on any atom is -0.497 e. The van der Waals surface area contributed by atoms with Gasteiger partial charge in [0, 0.05) is 6.04 Å². The Hall–Kier alpha value is -1.80. The van der Waals surface area contributed by atoms with Crippen molar-refractivity contribution < 1.29 is 4.74 Å². The molecule has 1 atom stereocenters. The molecule has 0 radical (unpaired) electrons. The summed E-state index contributed by atoms with van der Waals surface area (Å²) in [6, 6.07) is 14.8. The van der Waals surface area contributed by atoms with Crippen molar-refractivity contribution in [2.75, 3.05) is 7.11 Å².